The van der Waals surface area contributed by atoms with Gasteiger partial charge in [-0.05, 0) is 11.6 Å². The molecule has 0 radical (unpaired) electrons. The molecule has 2 rings (SSSR count). The van der Waals surface area contributed by atoms with E-state index in [0.29, 0.717) is 12.2 Å². The van der Waals surface area contributed by atoms with Crippen LogP contribution in [-0.4, -0.2) is 10.9 Å². The van der Waals surface area contributed by atoms with Crippen LogP contribution in [0.15, 0.2) is 18.2 Å². The summed E-state index contributed by atoms with van der Waals surface area (Å²) in [6.07, 6.45) is 0. The number of nitro groups is 1. The van der Waals surface area contributed by atoms with E-state index >= 15 is 0 Å². The molecule has 0 saturated heterocycles. The van der Waals surface area contributed by atoms with E-state index in [-0.39, 0.29) is 11.6 Å². The summed E-state index contributed by atoms with van der Waals surface area (Å²) in [5, 5.41) is 23.3. The zero-order valence-corrected chi connectivity index (χ0v) is 7.20. The number of rotatable bonds is 1. The van der Waals surface area contributed by atoms with Crippen molar-refractivity contribution >= 4 is 17.3 Å². The number of nitro benzene ring substituents is 1. The number of guanidine groups is 1. The Balaban J connectivity index is 2.42. The van der Waals surface area contributed by atoms with Gasteiger partial charge in [0.2, 0.25) is 0 Å². The van der Waals surface area contributed by atoms with Gasteiger partial charge in [0, 0.05) is 18.7 Å². The summed E-state index contributed by atoms with van der Waals surface area (Å²) in [4.78, 5) is 10.0. The van der Waals surface area contributed by atoms with Gasteiger partial charge in [0.25, 0.3) is 5.69 Å². The summed E-state index contributed by atoms with van der Waals surface area (Å²) in [7, 11) is 0. The molecule has 0 aromatic heterocycles. The zero-order chi connectivity index (χ0) is 10.1. The molecule has 0 saturated carbocycles. The molecule has 0 fully saturated rings. The molecular formula is C8H8N4O2. The molecule has 6 heteroatoms. The van der Waals surface area contributed by atoms with E-state index in [1.807, 2.05) is 0 Å². The molecule has 1 aliphatic heterocycles. The Hall–Kier alpha value is -2.11. The minimum Gasteiger partial charge on any atom is -0.352 e. The van der Waals surface area contributed by atoms with Gasteiger partial charge in [0.1, 0.15) is 0 Å². The first kappa shape index (κ1) is 8.49. The highest BCUT2D eigenvalue weighted by Gasteiger charge is 2.15. The predicted molar refractivity (Wildman–Crippen MR) is 51.3 cm³/mol. The summed E-state index contributed by atoms with van der Waals surface area (Å²) in [5.41, 5.74) is 1.58. The highest BCUT2D eigenvalue weighted by atomic mass is 16.6. The van der Waals surface area contributed by atoms with Crippen molar-refractivity contribution in [2.75, 3.05) is 5.32 Å². The van der Waals surface area contributed by atoms with Gasteiger partial charge in [-0.25, -0.2) is 0 Å². The number of nitrogens with one attached hydrogen (secondary N) is 3. The predicted octanol–water partition coefficient (Wildman–Crippen LogP) is 1.04. The molecule has 0 bridgehead atoms. The number of fused-ring (bicyclic) bond motifs is 1. The Morgan fingerprint density at radius 2 is 2.29 bits per heavy atom. The number of hydrogen-bond acceptors (Lipinski definition) is 3. The highest BCUT2D eigenvalue weighted by molar-refractivity contribution is 5.94. The monoisotopic (exact) mass is 192 g/mol. The molecule has 0 unspecified atom stereocenters. The number of benzene rings is 1. The van der Waals surface area contributed by atoms with Crippen LogP contribution < -0.4 is 10.6 Å². The van der Waals surface area contributed by atoms with Gasteiger partial charge < -0.3 is 10.6 Å². The van der Waals surface area contributed by atoms with E-state index in [2.05, 4.69) is 10.6 Å². The first-order chi connectivity index (χ1) is 6.66. The van der Waals surface area contributed by atoms with Crippen molar-refractivity contribution < 1.29 is 4.92 Å². The van der Waals surface area contributed by atoms with E-state index in [1.165, 1.54) is 12.1 Å². The van der Waals surface area contributed by atoms with E-state index in [4.69, 9.17) is 5.41 Å². The SMILES string of the molecule is N=C1NCc2ccc([N+](=O)[O-])cc2N1. The average molecular weight is 192 g/mol. The maximum absolute atomic E-state index is 10.5. The Kier molecular flexibility index (Phi) is 1.81. The van der Waals surface area contributed by atoms with Crippen molar-refractivity contribution in [3.8, 4) is 0 Å². The van der Waals surface area contributed by atoms with Crippen LogP contribution in [0.5, 0.6) is 0 Å². The second-order valence-electron chi connectivity index (χ2n) is 2.95. The number of anilines is 1. The third-order valence-corrected chi connectivity index (χ3v) is 2.02. The lowest BCUT2D eigenvalue weighted by atomic mass is 10.1. The minimum atomic E-state index is -0.451. The lowest BCUT2D eigenvalue weighted by Crippen LogP contribution is -2.34. The van der Waals surface area contributed by atoms with E-state index in [1.54, 1.807) is 6.07 Å². The fraction of sp³-hybridized carbons (Fsp3) is 0.125. The van der Waals surface area contributed by atoms with E-state index in [0.717, 1.165) is 5.56 Å². The van der Waals surface area contributed by atoms with Crippen molar-refractivity contribution in [1.82, 2.24) is 5.32 Å². The van der Waals surface area contributed by atoms with Gasteiger partial charge in [-0.3, -0.25) is 15.5 Å². The van der Waals surface area contributed by atoms with Crippen molar-refractivity contribution in [1.29, 1.82) is 5.41 Å². The summed E-state index contributed by atoms with van der Waals surface area (Å²) in [5.74, 6) is 0.165. The summed E-state index contributed by atoms with van der Waals surface area (Å²) >= 11 is 0. The summed E-state index contributed by atoms with van der Waals surface area (Å²) < 4.78 is 0. The van der Waals surface area contributed by atoms with Gasteiger partial charge in [0.05, 0.1) is 10.6 Å². The van der Waals surface area contributed by atoms with Gasteiger partial charge in [-0.1, -0.05) is 0 Å². The molecule has 3 N–H and O–H groups in total. The number of nitrogens with zero attached hydrogens (tertiary/aromatic N) is 1. The van der Waals surface area contributed by atoms with Gasteiger partial charge in [-0.15, -0.1) is 0 Å². The third kappa shape index (κ3) is 1.37. The van der Waals surface area contributed by atoms with Crippen molar-refractivity contribution in [2.45, 2.75) is 6.54 Å². The zero-order valence-electron chi connectivity index (χ0n) is 7.20. The first-order valence-corrected chi connectivity index (χ1v) is 4.03. The minimum absolute atomic E-state index is 0.0333. The fourth-order valence-corrected chi connectivity index (χ4v) is 1.31. The van der Waals surface area contributed by atoms with Crippen LogP contribution in [0.1, 0.15) is 5.56 Å². The number of hydrogen-bond donors (Lipinski definition) is 3. The van der Waals surface area contributed by atoms with Gasteiger partial charge in [-0.2, -0.15) is 0 Å². The van der Waals surface area contributed by atoms with Crippen molar-refractivity contribution in [3.63, 3.8) is 0 Å². The second kappa shape index (κ2) is 2.99. The standard InChI is InChI=1S/C8H8N4O2/c9-8-10-4-5-1-2-6(12(13)14)3-7(5)11-8/h1-3H,4H2,(H3,9,10,11). The van der Waals surface area contributed by atoms with Crippen molar-refractivity contribution in [2.24, 2.45) is 0 Å². The molecule has 0 aliphatic carbocycles. The van der Waals surface area contributed by atoms with Gasteiger partial charge in [0.15, 0.2) is 5.96 Å². The molecule has 6 nitrogen and oxygen atoms in total. The average Bonchev–Trinajstić information content (AvgIpc) is 2.16. The van der Waals surface area contributed by atoms with Crippen LogP contribution in [-0.2, 0) is 6.54 Å². The molecule has 1 heterocycles. The second-order valence-corrected chi connectivity index (χ2v) is 2.95. The lowest BCUT2D eigenvalue weighted by molar-refractivity contribution is -0.384. The maximum atomic E-state index is 10.5. The largest absolute Gasteiger partial charge is 0.352 e. The Morgan fingerprint density at radius 1 is 1.50 bits per heavy atom. The van der Waals surface area contributed by atoms with Crippen LogP contribution in [0.2, 0.25) is 0 Å². The van der Waals surface area contributed by atoms with E-state index in [9.17, 15) is 10.1 Å². The maximum Gasteiger partial charge on any atom is 0.271 e. The van der Waals surface area contributed by atoms with Gasteiger partial charge >= 0.3 is 0 Å². The molecule has 0 atom stereocenters. The van der Waals surface area contributed by atoms with Crippen LogP contribution in [0.25, 0.3) is 0 Å². The lowest BCUT2D eigenvalue weighted by Gasteiger charge is -2.19. The molecule has 14 heavy (non-hydrogen) atoms. The smallest absolute Gasteiger partial charge is 0.271 e. The Bertz CT molecular complexity index is 416. The normalized spacial score (nSPS) is 13.9. The quantitative estimate of drug-likeness (QED) is 0.458. The molecule has 0 amide bonds. The molecule has 1 aliphatic rings. The molecule has 72 valence electrons. The highest BCUT2D eigenvalue weighted by Crippen LogP contribution is 2.24. The Morgan fingerprint density at radius 3 is 3.00 bits per heavy atom. The topological polar surface area (TPSA) is 91.0 Å². The third-order valence-electron chi connectivity index (χ3n) is 2.02. The molecule has 0 spiro atoms. The van der Waals surface area contributed by atoms with Crippen LogP contribution >= 0.6 is 0 Å². The number of non-ortho nitro benzene ring substituents is 1. The van der Waals surface area contributed by atoms with E-state index < -0.39 is 4.92 Å². The molecule has 1 aromatic rings. The Labute approximate surface area is 79.6 Å². The first-order valence-electron chi connectivity index (χ1n) is 4.03. The van der Waals surface area contributed by atoms with Crippen LogP contribution in [0.3, 0.4) is 0 Å². The van der Waals surface area contributed by atoms with Crippen LogP contribution in [0, 0.1) is 15.5 Å². The van der Waals surface area contributed by atoms with Crippen molar-refractivity contribution in [3.05, 3.63) is 33.9 Å². The van der Waals surface area contributed by atoms with Crippen LogP contribution in [0.4, 0.5) is 11.4 Å². The molecular weight excluding hydrogens is 184 g/mol. The molecule has 1 aromatic carbocycles. The summed E-state index contributed by atoms with van der Waals surface area (Å²) in [6, 6.07) is 4.57. The fourth-order valence-electron chi connectivity index (χ4n) is 1.31. The summed E-state index contributed by atoms with van der Waals surface area (Å²) in [6.45, 7) is 0.527.